The number of carboxylic acids is 1. The molecule has 41 heavy (non-hydrogen) atoms. The third kappa shape index (κ3) is 7.10. The van der Waals surface area contributed by atoms with Gasteiger partial charge >= 0.3 is 5.97 Å². The maximum absolute atomic E-state index is 13.6. The summed E-state index contributed by atoms with van der Waals surface area (Å²) in [5.74, 6) is -3.98. The maximum Gasteiger partial charge on any atom is 0.323 e. The summed E-state index contributed by atoms with van der Waals surface area (Å²) in [6.45, 7) is 0.462. The molecule has 2 aromatic rings. The summed E-state index contributed by atoms with van der Waals surface area (Å²) in [7, 11) is 0. The van der Waals surface area contributed by atoms with E-state index in [1.54, 1.807) is 24.3 Å². The molecule has 14 heteroatoms. The van der Waals surface area contributed by atoms with Gasteiger partial charge in [-0.05, 0) is 56.2 Å². The van der Waals surface area contributed by atoms with Gasteiger partial charge in [0.1, 0.15) is 18.2 Å². The largest absolute Gasteiger partial charge is 0.480 e. The van der Waals surface area contributed by atoms with Crippen molar-refractivity contribution in [2.45, 2.75) is 31.7 Å². The van der Waals surface area contributed by atoms with Gasteiger partial charge in [-0.3, -0.25) is 40.2 Å². The Kier molecular flexibility index (Phi) is 9.52. The van der Waals surface area contributed by atoms with E-state index in [0.717, 1.165) is 4.90 Å². The van der Waals surface area contributed by atoms with Gasteiger partial charge in [-0.15, -0.1) is 0 Å². The average molecular weight is 565 g/mol. The highest BCUT2D eigenvalue weighted by atomic mass is 16.4. The molecule has 0 aromatic heterocycles. The monoisotopic (exact) mass is 564 g/mol. The highest BCUT2D eigenvalue weighted by Gasteiger charge is 2.53. The number of hydrazine groups is 1. The number of nitrogens with one attached hydrogen (secondary N) is 4. The van der Waals surface area contributed by atoms with Crippen LogP contribution < -0.4 is 22.2 Å². The quantitative estimate of drug-likeness (QED) is 0.106. The number of nitrogens with zero attached hydrogens (tertiary/aromatic N) is 2. The van der Waals surface area contributed by atoms with Gasteiger partial charge in [0.2, 0.25) is 5.91 Å². The number of rotatable bonds is 12. The number of carbonyl (C=O) groups is 5. The number of aliphatic carboxylic acids is 1. The predicted octanol–water partition coefficient (Wildman–Crippen LogP) is 0.265. The van der Waals surface area contributed by atoms with Crippen LogP contribution in [0, 0.1) is 10.8 Å². The van der Waals surface area contributed by atoms with Crippen LogP contribution in [0.4, 0.5) is 5.69 Å². The van der Waals surface area contributed by atoms with Crippen LogP contribution in [-0.2, 0) is 19.2 Å². The van der Waals surface area contributed by atoms with Crippen molar-refractivity contribution in [2.75, 3.05) is 25.0 Å². The molecule has 2 aromatic carbocycles. The zero-order chi connectivity index (χ0) is 30.3. The number of nitrogens with two attached hydrogens (primary N) is 2. The molecule has 1 aliphatic rings. The zero-order valence-electron chi connectivity index (χ0n) is 22.4. The fraction of sp³-hybridized carbons (Fsp3) is 0.296. The number of anilines is 1. The van der Waals surface area contributed by atoms with E-state index in [-0.39, 0.29) is 49.6 Å². The van der Waals surface area contributed by atoms with E-state index < -0.39 is 41.6 Å². The molecule has 1 aliphatic heterocycles. The smallest absolute Gasteiger partial charge is 0.323 e. The van der Waals surface area contributed by atoms with Crippen molar-refractivity contribution in [3.8, 4) is 0 Å². The van der Waals surface area contributed by atoms with Crippen LogP contribution >= 0.6 is 0 Å². The van der Waals surface area contributed by atoms with Crippen LogP contribution in [-0.4, -0.2) is 81.3 Å². The minimum Gasteiger partial charge on any atom is -0.480 e. The molecule has 1 heterocycles. The molecule has 1 saturated heterocycles. The topological polar surface area (TPSA) is 236 Å². The van der Waals surface area contributed by atoms with Crippen LogP contribution in [0.25, 0.3) is 0 Å². The molecule has 1 atom stereocenters. The Bertz CT molecular complexity index is 1380. The third-order valence-corrected chi connectivity index (χ3v) is 6.72. The van der Waals surface area contributed by atoms with Gasteiger partial charge in [0.05, 0.1) is 0 Å². The van der Waals surface area contributed by atoms with Crippen LogP contribution in [0.1, 0.15) is 47.7 Å². The second kappa shape index (κ2) is 12.8. The summed E-state index contributed by atoms with van der Waals surface area (Å²) in [5, 5.41) is 28.1. The summed E-state index contributed by atoms with van der Waals surface area (Å²) in [5.41, 5.74) is 13.1. The number of piperazine rings is 1. The second-order valence-electron chi connectivity index (χ2n) is 9.51. The van der Waals surface area contributed by atoms with E-state index in [1.807, 2.05) is 0 Å². The molecule has 0 aliphatic carbocycles. The minimum absolute atomic E-state index is 0.0371. The van der Waals surface area contributed by atoms with Gasteiger partial charge in [0.15, 0.2) is 11.3 Å². The van der Waals surface area contributed by atoms with Gasteiger partial charge in [-0.2, -0.15) is 5.01 Å². The van der Waals surface area contributed by atoms with Crippen LogP contribution in [0.5, 0.6) is 0 Å². The number of Topliss-reactive ketones (excluding diaryl/α,β-unsaturated/α-hetero) is 1. The lowest BCUT2D eigenvalue weighted by Gasteiger charge is -2.47. The van der Waals surface area contributed by atoms with Crippen LogP contribution in [0.3, 0.4) is 0 Å². The molecule has 0 radical (unpaired) electrons. The van der Waals surface area contributed by atoms with E-state index in [9.17, 15) is 29.1 Å². The van der Waals surface area contributed by atoms with Crippen molar-refractivity contribution < 1.29 is 29.1 Å². The fourth-order valence-electron chi connectivity index (χ4n) is 4.56. The molecular formula is C27H32N8O6. The predicted molar refractivity (Wildman–Crippen MR) is 149 cm³/mol. The second-order valence-corrected chi connectivity index (χ2v) is 9.51. The summed E-state index contributed by atoms with van der Waals surface area (Å²) in [4.78, 5) is 64.8. The summed E-state index contributed by atoms with van der Waals surface area (Å²) in [6, 6.07) is 12.2. The van der Waals surface area contributed by atoms with Gasteiger partial charge < -0.3 is 26.8 Å². The van der Waals surface area contributed by atoms with Gasteiger partial charge in [0.25, 0.3) is 11.8 Å². The number of nitrogen functional groups attached to an aromatic ring is 2. The summed E-state index contributed by atoms with van der Waals surface area (Å²) >= 11 is 0. The highest BCUT2D eigenvalue weighted by molar-refractivity contribution is 6.11. The lowest BCUT2D eigenvalue weighted by Crippen LogP contribution is -2.73. The highest BCUT2D eigenvalue weighted by Crippen LogP contribution is 2.29. The number of carbonyl (C=O) groups excluding carboxylic acids is 4. The number of amides is 3. The normalized spacial score (nSPS) is 17.0. The first-order valence-corrected chi connectivity index (χ1v) is 12.6. The van der Waals surface area contributed by atoms with Gasteiger partial charge in [-0.1, -0.05) is 12.1 Å². The SMILES string of the molecule is CC(=O)[C@@]1(CCCC(=O)Nc2ccc(C(=N)N)cc2)C(=O)N(CC(=O)O)CCN1NC(=O)c1ccc(C(=N)N)cc1. The Morgan fingerprint density at radius 2 is 1.46 bits per heavy atom. The van der Waals surface area contributed by atoms with Crippen molar-refractivity contribution in [3.05, 3.63) is 65.2 Å². The van der Waals surface area contributed by atoms with Crippen molar-refractivity contribution in [3.63, 3.8) is 0 Å². The molecule has 9 N–H and O–H groups in total. The lowest BCUT2D eigenvalue weighted by atomic mass is 9.84. The van der Waals surface area contributed by atoms with Gasteiger partial charge in [0, 0.05) is 41.9 Å². The molecule has 216 valence electrons. The standard InChI is InChI=1S/C27H32N8O6/c1-16(36)27(12-2-3-21(37)32-20-10-8-18(9-11-20)24(30)31)26(41)34(15-22(38)39)13-14-35(27)33-25(40)19-6-4-17(5-7-19)23(28)29/h4-11H,2-3,12-15H2,1H3,(H3,28,29)(H3,30,31)(H,32,37)(H,33,40)(H,38,39)/t27-/m0/s1. The van der Waals surface area contributed by atoms with Crippen molar-refractivity contribution in [1.29, 1.82) is 10.8 Å². The molecule has 14 nitrogen and oxygen atoms in total. The molecule has 0 unspecified atom stereocenters. The Morgan fingerprint density at radius 3 is 1.98 bits per heavy atom. The van der Waals surface area contributed by atoms with E-state index in [4.69, 9.17) is 22.3 Å². The number of carboxylic acid groups (broad SMARTS) is 1. The Balaban J connectivity index is 1.79. The van der Waals surface area contributed by atoms with E-state index in [0.29, 0.717) is 16.8 Å². The first-order chi connectivity index (χ1) is 19.3. The first kappa shape index (κ1) is 30.4. The van der Waals surface area contributed by atoms with E-state index in [1.165, 1.54) is 36.2 Å². The average Bonchev–Trinajstić information content (AvgIpc) is 2.91. The number of benzene rings is 2. The molecular weight excluding hydrogens is 532 g/mol. The third-order valence-electron chi connectivity index (χ3n) is 6.72. The number of hydrogen-bond acceptors (Lipinski definition) is 8. The van der Waals surface area contributed by atoms with Gasteiger partial charge in [-0.25, -0.2) is 0 Å². The van der Waals surface area contributed by atoms with E-state index in [2.05, 4.69) is 10.7 Å². The van der Waals surface area contributed by atoms with E-state index >= 15 is 0 Å². The summed E-state index contributed by atoms with van der Waals surface area (Å²) in [6.07, 6.45) is -0.190. The van der Waals surface area contributed by atoms with Crippen molar-refractivity contribution >= 4 is 46.8 Å². The lowest BCUT2D eigenvalue weighted by molar-refractivity contribution is -0.165. The molecule has 0 spiro atoms. The number of amidine groups is 2. The minimum atomic E-state index is -1.94. The maximum atomic E-state index is 13.6. The molecule has 0 saturated carbocycles. The number of hydrogen-bond donors (Lipinski definition) is 7. The first-order valence-electron chi connectivity index (χ1n) is 12.6. The summed E-state index contributed by atoms with van der Waals surface area (Å²) < 4.78 is 0. The van der Waals surface area contributed by atoms with Crippen LogP contribution in [0.15, 0.2) is 48.5 Å². The number of ketones is 1. The van der Waals surface area contributed by atoms with Crippen LogP contribution in [0.2, 0.25) is 0 Å². The molecule has 3 amide bonds. The molecule has 1 fully saturated rings. The zero-order valence-corrected chi connectivity index (χ0v) is 22.4. The van der Waals surface area contributed by atoms with Crippen molar-refractivity contribution in [1.82, 2.24) is 15.3 Å². The molecule has 3 rings (SSSR count). The van der Waals surface area contributed by atoms with Crippen molar-refractivity contribution in [2.24, 2.45) is 11.5 Å². The fourth-order valence-corrected chi connectivity index (χ4v) is 4.56. The Labute approximate surface area is 235 Å². The Hall–Kier alpha value is -5.11. The Morgan fingerprint density at radius 1 is 0.927 bits per heavy atom. The molecule has 0 bridgehead atoms.